The van der Waals surface area contributed by atoms with Crippen molar-refractivity contribution in [3.63, 3.8) is 0 Å². The van der Waals surface area contributed by atoms with Gasteiger partial charge in [0.15, 0.2) is 0 Å². The topological polar surface area (TPSA) is 51.1 Å². The van der Waals surface area contributed by atoms with Crippen LogP contribution in [-0.4, -0.2) is 10.5 Å². The number of anilines is 1. The fourth-order valence-electron chi connectivity index (χ4n) is 1.67. The highest BCUT2D eigenvalue weighted by atomic mass is 35.5. The molecular formula is C14H13ClN2O2. The van der Waals surface area contributed by atoms with Crippen molar-refractivity contribution in [1.82, 2.24) is 4.57 Å². The number of aromatic nitrogens is 1. The number of hydrogen-bond donors (Lipinski definition) is 1. The molecule has 0 fully saturated rings. The molecule has 1 amide bonds. The Hall–Kier alpha value is -2.07. The van der Waals surface area contributed by atoms with Crippen LogP contribution in [0.3, 0.4) is 0 Å². The molecule has 0 saturated heterocycles. The number of amides is 1. The number of nitrogens with zero attached hydrogens (tertiary/aromatic N) is 1. The maximum atomic E-state index is 12.0. The minimum atomic E-state index is -0.579. The molecule has 1 atom stereocenters. The summed E-state index contributed by atoms with van der Waals surface area (Å²) in [5.41, 5.74) is 0.437. The van der Waals surface area contributed by atoms with E-state index in [-0.39, 0.29) is 11.5 Å². The van der Waals surface area contributed by atoms with Crippen LogP contribution >= 0.6 is 11.6 Å². The molecule has 1 aromatic heterocycles. The van der Waals surface area contributed by atoms with E-state index in [0.717, 1.165) is 0 Å². The summed E-state index contributed by atoms with van der Waals surface area (Å²) in [7, 11) is 0. The van der Waals surface area contributed by atoms with E-state index in [1.165, 1.54) is 10.6 Å². The minimum absolute atomic E-state index is 0.207. The van der Waals surface area contributed by atoms with Crippen molar-refractivity contribution in [3.8, 4) is 0 Å². The molecule has 0 saturated carbocycles. The lowest BCUT2D eigenvalue weighted by atomic mass is 10.2. The van der Waals surface area contributed by atoms with E-state index in [1.54, 1.807) is 49.5 Å². The molecule has 1 aromatic carbocycles. The van der Waals surface area contributed by atoms with Crippen LogP contribution in [-0.2, 0) is 4.79 Å². The van der Waals surface area contributed by atoms with Crippen molar-refractivity contribution >= 4 is 23.2 Å². The fourth-order valence-corrected chi connectivity index (χ4v) is 1.79. The Morgan fingerprint density at radius 3 is 2.53 bits per heavy atom. The van der Waals surface area contributed by atoms with Gasteiger partial charge in [-0.15, -0.1) is 0 Å². The molecule has 1 N–H and O–H groups in total. The Morgan fingerprint density at radius 1 is 1.21 bits per heavy atom. The van der Waals surface area contributed by atoms with E-state index in [2.05, 4.69) is 5.32 Å². The first kappa shape index (κ1) is 13.4. The summed E-state index contributed by atoms with van der Waals surface area (Å²) in [5.74, 6) is -0.254. The second-order valence-corrected chi connectivity index (χ2v) is 4.55. The van der Waals surface area contributed by atoms with Gasteiger partial charge in [-0.2, -0.15) is 0 Å². The van der Waals surface area contributed by atoms with Gasteiger partial charge in [0, 0.05) is 23.0 Å². The van der Waals surface area contributed by atoms with Crippen molar-refractivity contribution in [2.75, 3.05) is 5.32 Å². The van der Waals surface area contributed by atoms with E-state index in [0.29, 0.717) is 10.7 Å². The Kier molecular flexibility index (Phi) is 4.02. The Bertz CT molecular complexity index is 634. The van der Waals surface area contributed by atoms with Crippen molar-refractivity contribution in [2.24, 2.45) is 0 Å². The molecule has 0 aliphatic rings. The summed E-state index contributed by atoms with van der Waals surface area (Å²) >= 11 is 5.77. The zero-order chi connectivity index (χ0) is 13.8. The van der Waals surface area contributed by atoms with Gasteiger partial charge in [-0.05, 0) is 37.3 Å². The van der Waals surface area contributed by atoms with E-state index < -0.39 is 6.04 Å². The normalized spacial score (nSPS) is 11.9. The molecule has 2 rings (SSSR count). The zero-order valence-corrected chi connectivity index (χ0v) is 11.1. The van der Waals surface area contributed by atoms with Gasteiger partial charge in [0.05, 0.1) is 0 Å². The van der Waals surface area contributed by atoms with Crippen LogP contribution in [0, 0.1) is 0 Å². The van der Waals surface area contributed by atoms with Crippen LogP contribution in [0.15, 0.2) is 53.5 Å². The lowest BCUT2D eigenvalue weighted by molar-refractivity contribution is -0.118. The quantitative estimate of drug-likeness (QED) is 0.937. The van der Waals surface area contributed by atoms with Gasteiger partial charge in [-0.25, -0.2) is 0 Å². The molecule has 0 bridgehead atoms. The SMILES string of the molecule is CC(C(=O)Nc1ccc(Cl)cc1)n1ccccc1=O. The smallest absolute Gasteiger partial charge is 0.251 e. The van der Waals surface area contributed by atoms with Gasteiger partial charge in [0.1, 0.15) is 6.04 Å². The van der Waals surface area contributed by atoms with Crippen LogP contribution in [0.5, 0.6) is 0 Å². The average molecular weight is 277 g/mol. The van der Waals surface area contributed by atoms with Gasteiger partial charge in [-0.3, -0.25) is 9.59 Å². The number of benzene rings is 1. The van der Waals surface area contributed by atoms with Crippen LogP contribution < -0.4 is 10.9 Å². The molecular weight excluding hydrogens is 264 g/mol. The zero-order valence-electron chi connectivity index (χ0n) is 10.3. The van der Waals surface area contributed by atoms with Crippen molar-refractivity contribution in [1.29, 1.82) is 0 Å². The highest BCUT2D eigenvalue weighted by molar-refractivity contribution is 6.30. The number of carbonyl (C=O) groups excluding carboxylic acids is 1. The first-order chi connectivity index (χ1) is 9.08. The standard InChI is InChI=1S/C14H13ClN2O2/c1-10(17-9-3-2-4-13(17)18)14(19)16-12-7-5-11(15)6-8-12/h2-10H,1H3,(H,16,19). The lowest BCUT2D eigenvalue weighted by Crippen LogP contribution is -2.30. The number of pyridine rings is 1. The number of rotatable bonds is 3. The third-order valence-corrected chi connectivity index (χ3v) is 3.01. The molecule has 19 heavy (non-hydrogen) atoms. The number of hydrogen-bond acceptors (Lipinski definition) is 2. The maximum absolute atomic E-state index is 12.0. The van der Waals surface area contributed by atoms with Gasteiger partial charge < -0.3 is 9.88 Å². The molecule has 0 radical (unpaired) electrons. The maximum Gasteiger partial charge on any atom is 0.251 e. The summed E-state index contributed by atoms with van der Waals surface area (Å²) in [6, 6.07) is 11.0. The van der Waals surface area contributed by atoms with Crippen LogP contribution in [0.4, 0.5) is 5.69 Å². The lowest BCUT2D eigenvalue weighted by Gasteiger charge is -2.14. The van der Waals surface area contributed by atoms with Gasteiger partial charge in [-0.1, -0.05) is 17.7 Å². The molecule has 0 aliphatic carbocycles. The van der Waals surface area contributed by atoms with Gasteiger partial charge >= 0.3 is 0 Å². The second kappa shape index (κ2) is 5.71. The predicted octanol–water partition coefficient (Wildman–Crippen LogP) is 2.70. The van der Waals surface area contributed by atoms with E-state index in [9.17, 15) is 9.59 Å². The van der Waals surface area contributed by atoms with Crippen molar-refractivity contribution < 1.29 is 4.79 Å². The molecule has 2 aromatic rings. The summed E-state index contributed by atoms with van der Waals surface area (Å²) in [6.07, 6.45) is 1.59. The molecule has 1 heterocycles. The highest BCUT2D eigenvalue weighted by Gasteiger charge is 2.15. The Balaban J connectivity index is 2.14. The summed E-state index contributed by atoms with van der Waals surface area (Å²) in [6.45, 7) is 1.67. The minimum Gasteiger partial charge on any atom is -0.324 e. The molecule has 0 aliphatic heterocycles. The fraction of sp³-hybridized carbons (Fsp3) is 0.143. The first-order valence-corrected chi connectivity index (χ1v) is 6.19. The van der Waals surface area contributed by atoms with Crippen molar-refractivity contribution in [3.05, 3.63) is 64.0 Å². The Labute approximate surface area is 115 Å². The largest absolute Gasteiger partial charge is 0.324 e. The highest BCUT2D eigenvalue weighted by Crippen LogP contribution is 2.15. The van der Waals surface area contributed by atoms with Crippen molar-refractivity contribution in [2.45, 2.75) is 13.0 Å². The number of nitrogens with one attached hydrogen (secondary N) is 1. The second-order valence-electron chi connectivity index (χ2n) is 4.12. The molecule has 0 spiro atoms. The molecule has 1 unspecified atom stereocenters. The van der Waals surface area contributed by atoms with Crippen LogP contribution in [0.25, 0.3) is 0 Å². The molecule has 5 heteroatoms. The summed E-state index contributed by atoms with van der Waals surface area (Å²) in [5, 5.41) is 3.34. The van der Waals surface area contributed by atoms with Gasteiger partial charge in [0.2, 0.25) is 5.91 Å². The predicted molar refractivity (Wildman–Crippen MR) is 75.5 cm³/mol. The summed E-state index contributed by atoms with van der Waals surface area (Å²) < 4.78 is 1.38. The van der Waals surface area contributed by atoms with Gasteiger partial charge in [0.25, 0.3) is 5.56 Å². The van der Waals surface area contributed by atoms with Crippen LogP contribution in [0.2, 0.25) is 5.02 Å². The van der Waals surface area contributed by atoms with Crippen LogP contribution in [0.1, 0.15) is 13.0 Å². The Morgan fingerprint density at radius 2 is 1.89 bits per heavy atom. The third kappa shape index (κ3) is 3.23. The average Bonchev–Trinajstić information content (AvgIpc) is 2.41. The van der Waals surface area contributed by atoms with E-state index >= 15 is 0 Å². The summed E-state index contributed by atoms with van der Waals surface area (Å²) in [4.78, 5) is 23.7. The van der Waals surface area contributed by atoms with E-state index in [1.807, 2.05) is 0 Å². The first-order valence-electron chi connectivity index (χ1n) is 5.81. The third-order valence-electron chi connectivity index (χ3n) is 2.76. The number of halogens is 1. The molecule has 98 valence electrons. The monoisotopic (exact) mass is 276 g/mol. The van der Waals surface area contributed by atoms with E-state index in [4.69, 9.17) is 11.6 Å². The number of carbonyl (C=O) groups is 1. The molecule has 4 nitrogen and oxygen atoms in total.